The van der Waals surface area contributed by atoms with Crippen LogP contribution in [0.25, 0.3) is 0 Å². The van der Waals surface area contributed by atoms with Crippen molar-refractivity contribution in [2.45, 2.75) is 19.1 Å². The normalized spacial score (nSPS) is 15.8. The van der Waals surface area contributed by atoms with Gasteiger partial charge in [0.15, 0.2) is 0 Å². The smallest absolute Gasteiger partial charge is 0.0888 e. The molecule has 2 nitrogen and oxygen atoms in total. The minimum absolute atomic E-state index is 0.0500. The van der Waals surface area contributed by atoms with Gasteiger partial charge in [-0.25, -0.2) is 0 Å². The SMILES string of the molecule is CC(CO)CSC(C)C#N. The summed E-state index contributed by atoms with van der Waals surface area (Å²) in [4.78, 5) is 0. The number of hydrogen-bond donors (Lipinski definition) is 1. The van der Waals surface area contributed by atoms with Gasteiger partial charge < -0.3 is 5.11 Å². The molecular formula is C7H13NOS. The van der Waals surface area contributed by atoms with Crippen molar-refractivity contribution >= 4 is 11.8 Å². The van der Waals surface area contributed by atoms with Crippen LogP contribution in [0.2, 0.25) is 0 Å². The van der Waals surface area contributed by atoms with Gasteiger partial charge in [0, 0.05) is 6.61 Å². The van der Waals surface area contributed by atoms with E-state index in [1.807, 2.05) is 13.8 Å². The van der Waals surface area contributed by atoms with Crippen molar-refractivity contribution in [1.29, 1.82) is 5.26 Å². The molecule has 0 radical (unpaired) electrons. The number of rotatable bonds is 4. The number of thioether (sulfide) groups is 1. The standard InChI is InChI=1S/C7H13NOS/c1-6(4-9)5-10-7(2)3-8/h6-7,9H,4-5H2,1-2H3. The number of nitrogens with zero attached hydrogens (tertiary/aromatic N) is 1. The van der Waals surface area contributed by atoms with Crippen LogP contribution in [-0.2, 0) is 0 Å². The van der Waals surface area contributed by atoms with E-state index in [-0.39, 0.29) is 11.9 Å². The Kier molecular flexibility index (Phi) is 5.46. The molecule has 0 bridgehead atoms. The van der Waals surface area contributed by atoms with Crippen LogP contribution in [-0.4, -0.2) is 22.7 Å². The molecule has 2 unspecified atom stereocenters. The van der Waals surface area contributed by atoms with Gasteiger partial charge in [-0.1, -0.05) is 6.92 Å². The first kappa shape index (κ1) is 9.80. The summed E-state index contributed by atoms with van der Waals surface area (Å²) in [5.41, 5.74) is 0. The zero-order valence-corrected chi connectivity index (χ0v) is 7.19. The largest absolute Gasteiger partial charge is 0.396 e. The Bertz CT molecular complexity index is 121. The van der Waals surface area contributed by atoms with E-state index in [1.54, 1.807) is 11.8 Å². The Labute approximate surface area is 66.2 Å². The van der Waals surface area contributed by atoms with Crippen LogP contribution in [0.1, 0.15) is 13.8 Å². The Morgan fingerprint density at radius 2 is 2.20 bits per heavy atom. The lowest BCUT2D eigenvalue weighted by molar-refractivity contribution is 0.250. The lowest BCUT2D eigenvalue weighted by atomic mass is 10.2. The van der Waals surface area contributed by atoms with Crippen LogP contribution >= 0.6 is 11.8 Å². The molecule has 0 aromatic heterocycles. The van der Waals surface area contributed by atoms with E-state index in [0.29, 0.717) is 5.92 Å². The van der Waals surface area contributed by atoms with Gasteiger partial charge in [0.25, 0.3) is 0 Å². The molecule has 0 aliphatic rings. The molecule has 0 aromatic carbocycles. The molecule has 0 spiro atoms. The maximum Gasteiger partial charge on any atom is 0.0888 e. The summed E-state index contributed by atoms with van der Waals surface area (Å²) < 4.78 is 0. The van der Waals surface area contributed by atoms with E-state index >= 15 is 0 Å². The summed E-state index contributed by atoms with van der Waals surface area (Å²) in [6.45, 7) is 4.05. The first-order chi connectivity index (χ1) is 4.70. The van der Waals surface area contributed by atoms with Gasteiger partial charge in [0.2, 0.25) is 0 Å². The second-order valence-electron chi connectivity index (χ2n) is 2.39. The van der Waals surface area contributed by atoms with E-state index < -0.39 is 0 Å². The molecule has 0 aromatic rings. The maximum atomic E-state index is 8.62. The molecule has 10 heavy (non-hydrogen) atoms. The fourth-order valence-corrected chi connectivity index (χ4v) is 1.20. The Morgan fingerprint density at radius 3 is 2.60 bits per heavy atom. The molecule has 0 saturated heterocycles. The third-order valence-electron chi connectivity index (χ3n) is 1.12. The summed E-state index contributed by atoms with van der Waals surface area (Å²) in [6.07, 6.45) is 0. The minimum Gasteiger partial charge on any atom is -0.396 e. The lowest BCUT2D eigenvalue weighted by Crippen LogP contribution is -2.06. The van der Waals surface area contributed by atoms with Gasteiger partial charge in [0.05, 0.1) is 11.3 Å². The second-order valence-corrected chi connectivity index (χ2v) is 3.77. The molecule has 0 aliphatic heterocycles. The van der Waals surface area contributed by atoms with Crippen molar-refractivity contribution in [1.82, 2.24) is 0 Å². The predicted octanol–water partition coefficient (Wildman–Crippen LogP) is 1.26. The van der Waals surface area contributed by atoms with Crippen molar-refractivity contribution in [3.63, 3.8) is 0 Å². The van der Waals surface area contributed by atoms with Crippen molar-refractivity contribution < 1.29 is 5.11 Å². The zero-order chi connectivity index (χ0) is 7.98. The number of aliphatic hydroxyl groups excluding tert-OH is 1. The highest BCUT2D eigenvalue weighted by Gasteiger charge is 2.03. The molecule has 0 fully saturated rings. The third-order valence-corrected chi connectivity index (χ3v) is 2.49. The van der Waals surface area contributed by atoms with Crippen LogP contribution in [0.3, 0.4) is 0 Å². The fraction of sp³-hybridized carbons (Fsp3) is 0.857. The first-order valence-electron chi connectivity index (χ1n) is 3.32. The second kappa shape index (κ2) is 5.57. The van der Waals surface area contributed by atoms with Crippen molar-refractivity contribution in [2.24, 2.45) is 5.92 Å². The van der Waals surface area contributed by atoms with Crippen LogP contribution in [0.5, 0.6) is 0 Å². The topological polar surface area (TPSA) is 44.0 Å². The average Bonchev–Trinajstić information content (AvgIpc) is 1.99. The third kappa shape index (κ3) is 4.66. The first-order valence-corrected chi connectivity index (χ1v) is 4.37. The zero-order valence-electron chi connectivity index (χ0n) is 6.37. The van der Waals surface area contributed by atoms with Crippen molar-refractivity contribution in [3.05, 3.63) is 0 Å². The fourth-order valence-electron chi connectivity index (χ4n) is 0.399. The summed E-state index contributed by atoms with van der Waals surface area (Å²) >= 11 is 1.59. The summed E-state index contributed by atoms with van der Waals surface area (Å²) in [5.74, 6) is 1.17. The van der Waals surface area contributed by atoms with Gasteiger partial charge >= 0.3 is 0 Å². The molecular weight excluding hydrogens is 146 g/mol. The van der Waals surface area contributed by atoms with Crippen LogP contribution in [0.15, 0.2) is 0 Å². The van der Waals surface area contributed by atoms with E-state index in [2.05, 4.69) is 6.07 Å². The Balaban J connectivity index is 3.28. The van der Waals surface area contributed by atoms with E-state index in [9.17, 15) is 0 Å². The molecule has 0 heterocycles. The molecule has 0 aliphatic carbocycles. The highest BCUT2D eigenvalue weighted by Crippen LogP contribution is 2.13. The minimum atomic E-state index is 0.0500. The predicted molar refractivity (Wildman–Crippen MR) is 43.8 cm³/mol. The molecule has 3 heteroatoms. The number of nitriles is 1. The van der Waals surface area contributed by atoms with E-state index in [0.717, 1.165) is 5.75 Å². The Morgan fingerprint density at radius 1 is 1.60 bits per heavy atom. The van der Waals surface area contributed by atoms with E-state index in [1.165, 1.54) is 0 Å². The van der Waals surface area contributed by atoms with Gasteiger partial charge in [-0.15, -0.1) is 11.8 Å². The van der Waals surface area contributed by atoms with Gasteiger partial charge in [0.1, 0.15) is 0 Å². The average molecular weight is 159 g/mol. The molecule has 1 N–H and O–H groups in total. The summed E-state index contributed by atoms with van der Waals surface area (Å²) in [5, 5.41) is 17.1. The summed E-state index contributed by atoms with van der Waals surface area (Å²) in [6, 6.07) is 2.13. The molecule has 0 saturated carbocycles. The highest BCUT2D eigenvalue weighted by atomic mass is 32.2. The van der Waals surface area contributed by atoms with Crippen LogP contribution in [0, 0.1) is 17.2 Å². The van der Waals surface area contributed by atoms with Crippen LogP contribution < -0.4 is 0 Å². The lowest BCUT2D eigenvalue weighted by Gasteiger charge is -2.06. The van der Waals surface area contributed by atoms with Crippen LogP contribution in [0.4, 0.5) is 0 Å². The van der Waals surface area contributed by atoms with Gasteiger partial charge in [-0.05, 0) is 18.6 Å². The van der Waals surface area contributed by atoms with Gasteiger partial charge in [-0.3, -0.25) is 0 Å². The van der Waals surface area contributed by atoms with Crippen molar-refractivity contribution in [2.75, 3.05) is 12.4 Å². The summed E-state index contributed by atoms with van der Waals surface area (Å²) in [7, 11) is 0. The van der Waals surface area contributed by atoms with Crippen molar-refractivity contribution in [3.8, 4) is 6.07 Å². The molecule has 58 valence electrons. The Hall–Kier alpha value is -0.200. The number of aliphatic hydroxyl groups is 1. The maximum absolute atomic E-state index is 8.62. The highest BCUT2D eigenvalue weighted by molar-refractivity contribution is 8.00. The van der Waals surface area contributed by atoms with E-state index in [4.69, 9.17) is 10.4 Å². The number of hydrogen-bond acceptors (Lipinski definition) is 3. The molecule has 0 amide bonds. The van der Waals surface area contributed by atoms with Gasteiger partial charge in [-0.2, -0.15) is 5.26 Å². The monoisotopic (exact) mass is 159 g/mol. The molecule has 2 atom stereocenters. The quantitative estimate of drug-likeness (QED) is 0.671. The molecule has 0 rings (SSSR count).